The maximum Gasteiger partial charge on any atom is 0.337 e. The van der Waals surface area contributed by atoms with Gasteiger partial charge in [-0.1, -0.05) is 39.3 Å². The maximum atomic E-state index is 12.7. The number of aryl methyl sites for hydroxylation is 2. The van der Waals surface area contributed by atoms with Crippen LogP contribution in [0.2, 0.25) is 0 Å². The number of rotatable bonds is 12. The van der Waals surface area contributed by atoms with Crippen molar-refractivity contribution in [1.82, 2.24) is 24.4 Å². The minimum Gasteiger partial charge on any atom is -0.465 e. The first-order chi connectivity index (χ1) is 17.2. The SMILES string of the molecule is CCCCn1c(=O)[nH]c(=O)c2c1nc(CCC(=O)NCCc1ccc(C(=O)OC)cc1)n2CC(C)C. The maximum absolute atomic E-state index is 12.7. The Morgan fingerprint density at radius 3 is 2.47 bits per heavy atom. The third kappa shape index (κ3) is 6.50. The fourth-order valence-corrected chi connectivity index (χ4v) is 4.08. The first-order valence-corrected chi connectivity index (χ1v) is 12.4. The van der Waals surface area contributed by atoms with Crippen molar-refractivity contribution < 1.29 is 14.3 Å². The molecule has 2 heterocycles. The molecule has 1 amide bonds. The Labute approximate surface area is 209 Å². The van der Waals surface area contributed by atoms with Gasteiger partial charge >= 0.3 is 11.7 Å². The molecule has 194 valence electrons. The Balaban J connectivity index is 1.69. The van der Waals surface area contributed by atoms with Crippen molar-refractivity contribution in [3.8, 4) is 0 Å². The highest BCUT2D eigenvalue weighted by molar-refractivity contribution is 5.89. The topological polar surface area (TPSA) is 128 Å². The van der Waals surface area contributed by atoms with Gasteiger partial charge in [0, 0.05) is 32.5 Å². The van der Waals surface area contributed by atoms with Gasteiger partial charge in [0.15, 0.2) is 11.2 Å². The Bertz CT molecular complexity index is 1320. The van der Waals surface area contributed by atoms with Crippen LogP contribution in [0.4, 0.5) is 0 Å². The molecule has 0 saturated heterocycles. The first-order valence-electron chi connectivity index (χ1n) is 12.4. The van der Waals surface area contributed by atoms with E-state index in [0.717, 1.165) is 18.4 Å². The molecule has 0 spiro atoms. The predicted octanol–water partition coefficient (Wildman–Crippen LogP) is 2.42. The van der Waals surface area contributed by atoms with Gasteiger partial charge in [-0.05, 0) is 36.5 Å². The molecule has 2 aromatic heterocycles. The van der Waals surface area contributed by atoms with Crippen LogP contribution in [-0.4, -0.2) is 44.6 Å². The van der Waals surface area contributed by atoms with Crippen molar-refractivity contribution >= 4 is 23.0 Å². The normalized spacial score (nSPS) is 11.2. The molecule has 0 aliphatic rings. The lowest BCUT2D eigenvalue weighted by atomic mass is 10.1. The number of fused-ring (bicyclic) bond motifs is 1. The number of imidazole rings is 1. The second-order valence-electron chi connectivity index (χ2n) is 9.26. The Morgan fingerprint density at radius 2 is 1.83 bits per heavy atom. The molecular formula is C26H35N5O5. The quantitative estimate of drug-likeness (QED) is 0.370. The van der Waals surface area contributed by atoms with E-state index >= 15 is 0 Å². The Kier molecular flexibility index (Phi) is 9.21. The van der Waals surface area contributed by atoms with Crippen LogP contribution in [0.25, 0.3) is 11.2 Å². The Hall–Kier alpha value is -3.69. The van der Waals surface area contributed by atoms with E-state index in [1.54, 1.807) is 12.1 Å². The van der Waals surface area contributed by atoms with E-state index in [9.17, 15) is 19.2 Å². The average molecular weight is 498 g/mol. The van der Waals surface area contributed by atoms with Crippen molar-refractivity contribution in [1.29, 1.82) is 0 Å². The number of H-pyrrole nitrogens is 1. The van der Waals surface area contributed by atoms with E-state index in [4.69, 9.17) is 4.74 Å². The van der Waals surface area contributed by atoms with Gasteiger partial charge in [-0.3, -0.25) is 19.1 Å². The third-order valence-corrected chi connectivity index (χ3v) is 5.93. The summed E-state index contributed by atoms with van der Waals surface area (Å²) in [4.78, 5) is 56.3. The number of hydrogen-bond donors (Lipinski definition) is 2. The number of esters is 1. The Morgan fingerprint density at radius 1 is 1.11 bits per heavy atom. The van der Waals surface area contributed by atoms with E-state index in [1.807, 2.05) is 37.5 Å². The van der Waals surface area contributed by atoms with Gasteiger partial charge in [-0.15, -0.1) is 0 Å². The molecule has 0 radical (unpaired) electrons. The number of nitrogens with zero attached hydrogens (tertiary/aromatic N) is 3. The predicted molar refractivity (Wildman–Crippen MR) is 137 cm³/mol. The van der Waals surface area contributed by atoms with E-state index < -0.39 is 11.2 Å². The van der Waals surface area contributed by atoms with Gasteiger partial charge in [0.25, 0.3) is 5.56 Å². The number of hydrogen-bond acceptors (Lipinski definition) is 6. The van der Waals surface area contributed by atoms with Gasteiger partial charge in [-0.2, -0.15) is 0 Å². The summed E-state index contributed by atoms with van der Waals surface area (Å²) in [6, 6.07) is 7.07. The lowest BCUT2D eigenvalue weighted by molar-refractivity contribution is -0.121. The average Bonchev–Trinajstić information content (AvgIpc) is 3.20. The van der Waals surface area contributed by atoms with Crippen molar-refractivity contribution in [3.63, 3.8) is 0 Å². The number of aromatic amines is 1. The number of carbonyl (C=O) groups is 2. The van der Waals surface area contributed by atoms with E-state index in [2.05, 4.69) is 15.3 Å². The van der Waals surface area contributed by atoms with Crippen molar-refractivity contribution in [2.24, 2.45) is 5.92 Å². The summed E-state index contributed by atoms with van der Waals surface area (Å²) in [6.07, 6.45) is 2.88. The molecule has 1 aromatic carbocycles. The first kappa shape index (κ1) is 26.9. The number of nitrogens with one attached hydrogen (secondary N) is 2. The van der Waals surface area contributed by atoms with Crippen LogP contribution in [0.5, 0.6) is 0 Å². The largest absolute Gasteiger partial charge is 0.465 e. The number of carbonyl (C=O) groups excluding carboxylic acids is 2. The third-order valence-electron chi connectivity index (χ3n) is 5.93. The van der Waals surface area contributed by atoms with Crippen molar-refractivity contribution in [2.45, 2.75) is 66.0 Å². The summed E-state index contributed by atoms with van der Waals surface area (Å²) < 4.78 is 8.06. The summed E-state index contributed by atoms with van der Waals surface area (Å²) in [5, 5.41) is 2.91. The summed E-state index contributed by atoms with van der Waals surface area (Å²) in [5.41, 5.74) is 1.32. The van der Waals surface area contributed by atoms with Gasteiger partial charge in [-0.25, -0.2) is 14.6 Å². The molecule has 2 N–H and O–H groups in total. The number of ether oxygens (including phenoxy) is 1. The standard InChI is InChI=1S/C26H35N5O5/c1-5-6-15-30-23-22(24(33)29-26(30)35)31(16-17(2)3)20(28-23)11-12-21(32)27-14-13-18-7-9-19(10-8-18)25(34)36-4/h7-10,17H,5-6,11-16H2,1-4H3,(H,27,32)(H,29,33,35). The summed E-state index contributed by atoms with van der Waals surface area (Å²) in [5.74, 6) is 0.355. The zero-order valence-corrected chi connectivity index (χ0v) is 21.4. The fraction of sp³-hybridized carbons (Fsp3) is 0.500. The highest BCUT2D eigenvalue weighted by atomic mass is 16.5. The molecule has 0 saturated carbocycles. The molecule has 3 aromatic rings. The molecule has 0 aliphatic carbocycles. The monoisotopic (exact) mass is 497 g/mol. The number of unbranched alkanes of at least 4 members (excludes halogenated alkanes) is 1. The molecule has 0 unspecified atom stereocenters. The zero-order chi connectivity index (χ0) is 26.2. The molecule has 36 heavy (non-hydrogen) atoms. The second kappa shape index (κ2) is 12.3. The highest BCUT2D eigenvalue weighted by Gasteiger charge is 2.19. The van der Waals surface area contributed by atoms with Crippen LogP contribution >= 0.6 is 0 Å². The minimum absolute atomic E-state index is 0.124. The summed E-state index contributed by atoms with van der Waals surface area (Å²) in [7, 11) is 1.34. The second-order valence-corrected chi connectivity index (χ2v) is 9.26. The molecule has 0 aliphatic heterocycles. The summed E-state index contributed by atoms with van der Waals surface area (Å²) in [6.45, 7) is 7.61. The lowest BCUT2D eigenvalue weighted by Crippen LogP contribution is -2.31. The molecule has 0 fully saturated rings. The number of amides is 1. The molecule has 3 rings (SSSR count). The molecular weight excluding hydrogens is 462 g/mol. The van der Waals surface area contributed by atoms with Gasteiger partial charge in [0.2, 0.25) is 5.91 Å². The number of benzene rings is 1. The van der Waals surface area contributed by atoms with E-state index in [0.29, 0.717) is 55.0 Å². The fourth-order valence-electron chi connectivity index (χ4n) is 4.08. The van der Waals surface area contributed by atoms with Crippen molar-refractivity contribution in [2.75, 3.05) is 13.7 Å². The van der Waals surface area contributed by atoms with Gasteiger partial charge < -0.3 is 14.6 Å². The van der Waals surface area contributed by atoms with Crippen LogP contribution in [0.3, 0.4) is 0 Å². The van der Waals surface area contributed by atoms with E-state index in [-0.39, 0.29) is 24.2 Å². The van der Waals surface area contributed by atoms with Crippen LogP contribution in [0.15, 0.2) is 33.9 Å². The molecule has 0 atom stereocenters. The van der Waals surface area contributed by atoms with E-state index in [1.165, 1.54) is 11.7 Å². The molecule has 10 heteroatoms. The summed E-state index contributed by atoms with van der Waals surface area (Å²) >= 11 is 0. The smallest absolute Gasteiger partial charge is 0.337 e. The molecule has 0 bridgehead atoms. The number of aromatic nitrogens is 4. The van der Waals surface area contributed by atoms with Crippen LogP contribution in [0.1, 0.15) is 61.8 Å². The van der Waals surface area contributed by atoms with Gasteiger partial charge in [0.05, 0.1) is 12.7 Å². The highest BCUT2D eigenvalue weighted by Crippen LogP contribution is 2.16. The zero-order valence-electron chi connectivity index (χ0n) is 21.4. The van der Waals surface area contributed by atoms with Gasteiger partial charge in [0.1, 0.15) is 5.82 Å². The lowest BCUT2D eigenvalue weighted by Gasteiger charge is -2.11. The minimum atomic E-state index is -0.459. The van der Waals surface area contributed by atoms with Crippen LogP contribution < -0.4 is 16.6 Å². The molecule has 10 nitrogen and oxygen atoms in total. The van der Waals surface area contributed by atoms with Crippen LogP contribution in [-0.2, 0) is 35.5 Å². The van der Waals surface area contributed by atoms with Crippen molar-refractivity contribution in [3.05, 3.63) is 62.1 Å². The van der Waals surface area contributed by atoms with Crippen LogP contribution in [0, 0.1) is 5.92 Å². The number of methoxy groups -OCH3 is 1.